The first-order valence-electron chi connectivity index (χ1n) is 10.2. The molecule has 0 saturated heterocycles. The highest BCUT2D eigenvalue weighted by atomic mass is 15.3. The molecule has 4 heteroatoms. The van der Waals surface area contributed by atoms with E-state index in [-0.39, 0.29) is 6.17 Å². The van der Waals surface area contributed by atoms with Crippen LogP contribution in [0.15, 0.2) is 35.5 Å². The van der Waals surface area contributed by atoms with Gasteiger partial charge in [-0.25, -0.2) is 0 Å². The Balaban J connectivity index is 1.76. The monoisotopic (exact) mass is 358 g/mol. The fourth-order valence-electron chi connectivity index (χ4n) is 4.52. The normalized spacial score (nSPS) is 22.4. The van der Waals surface area contributed by atoms with Crippen LogP contribution < -0.4 is 0 Å². The van der Waals surface area contributed by atoms with Crippen molar-refractivity contribution in [1.29, 1.82) is 5.26 Å². The van der Waals surface area contributed by atoms with Crippen LogP contribution in [0, 0.1) is 11.3 Å². The van der Waals surface area contributed by atoms with Crippen molar-refractivity contribution in [3.63, 3.8) is 0 Å². The summed E-state index contributed by atoms with van der Waals surface area (Å²) in [5.74, 6) is 0.718. The Labute approximate surface area is 160 Å². The standard InChI is InChI=1S/C23H26N4/c1-15(2)26-12-4-11-25-23(26)22-20(14-24)19-10-9-17(16-7-8-16)13-21(19)27(22)18-5-3-6-18/h4,9-13,15-16,18,23H,3,5-8H2,1-2H3. The molecule has 27 heavy (non-hydrogen) atoms. The molecule has 138 valence electrons. The third-order valence-electron chi connectivity index (χ3n) is 6.36. The molecule has 2 aliphatic carbocycles. The van der Waals surface area contributed by atoms with Crippen LogP contribution in [-0.4, -0.2) is 21.7 Å². The second kappa shape index (κ2) is 6.27. The molecule has 1 aromatic carbocycles. The van der Waals surface area contributed by atoms with E-state index in [9.17, 15) is 5.26 Å². The Hall–Kier alpha value is -2.54. The predicted octanol–water partition coefficient (Wildman–Crippen LogP) is 5.42. The summed E-state index contributed by atoms with van der Waals surface area (Å²) in [7, 11) is 0. The molecular weight excluding hydrogens is 332 g/mol. The maximum Gasteiger partial charge on any atom is 0.163 e. The van der Waals surface area contributed by atoms with Crippen molar-refractivity contribution in [2.24, 2.45) is 4.99 Å². The molecule has 2 saturated carbocycles. The highest BCUT2D eigenvalue weighted by molar-refractivity contribution is 5.89. The number of nitriles is 1. The zero-order valence-corrected chi connectivity index (χ0v) is 16.1. The molecular formula is C23H26N4. The van der Waals surface area contributed by atoms with E-state index in [4.69, 9.17) is 4.99 Å². The number of nitrogens with zero attached hydrogens (tertiary/aromatic N) is 4. The van der Waals surface area contributed by atoms with Crippen molar-refractivity contribution >= 4 is 17.1 Å². The molecule has 2 heterocycles. The number of fused-ring (bicyclic) bond motifs is 1. The van der Waals surface area contributed by atoms with Gasteiger partial charge in [-0.05, 0) is 69.6 Å². The summed E-state index contributed by atoms with van der Waals surface area (Å²) in [6.45, 7) is 4.37. The molecule has 0 bridgehead atoms. The quantitative estimate of drug-likeness (QED) is 0.732. The average molecular weight is 358 g/mol. The van der Waals surface area contributed by atoms with E-state index in [0.717, 1.165) is 22.6 Å². The first kappa shape index (κ1) is 16.6. The second-order valence-corrected chi connectivity index (χ2v) is 8.43. The number of allylic oxidation sites excluding steroid dienone is 1. The van der Waals surface area contributed by atoms with Gasteiger partial charge in [-0.1, -0.05) is 12.1 Å². The van der Waals surface area contributed by atoms with Crippen LogP contribution in [0.1, 0.15) is 80.9 Å². The van der Waals surface area contributed by atoms with E-state index in [2.05, 4.69) is 53.8 Å². The summed E-state index contributed by atoms with van der Waals surface area (Å²) < 4.78 is 2.47. The van der Waals surface area contributed by atoms with Crippen LogP contribution in [0.3, 0.4) is 0 Å². The van der Waals surface area contributed by atoms with E-state index in [1.54, 1.807) is 0 Å². The number of aromatic nitrogens is 1. The fraction of sp³-hybridized carbons (Fsp3) is 0.478. The van der Waals surface area contributed by atoms with E-state index in [0.29, 0.717) is 12.1 Å². The second-order valence-electron chi connectivity index (χ2n) is 8.43. The van der Waals surface area contributed by atoms with E-state index in [1.807, 2.05) is 12.3 Å². The molecule has 0 amide bonds. The largest absolute Gasteiger partial charge is 0.349 e. The highest BCUT2D eigenvalue weighted by Crippen LogP contribution is 2.46. The highest BCUT2D eigenvalue weighted by Gasteiger charge is 2.34. The minimum Gasteiger partial charge on any atom is -0.349 e. The molecule has 3 aliphatic rings. The summed E-state index contributed by atoms with van der Waals surface area (Å²) in [6, 6.07) is 10.1. The molecule has 5 rings (SSSR count). The van der Waals surface area contributed by atoms with Crippen LogP contribution in [-0.2, 0) is 0 Å². The first-order valence-corrected chi connectivity index (χ1v) is 10.2. The summed E-state index contributed by atoms with van der Waals surface area (Å²) in [5, 5.41) is 11.2. The Morgan fingerprint density at radius 1 is 1.19 bits per heavy atom. The minimum atomic E-state index is -0.123. The molecule has 1 aliphatic heterocycles. The summed E-state index contributed by atoms with van der Waals surface area (Å²) in [5.41, 5.74) is 4.57. The van der Waals surface area contributed by atoms with Gasteiger partial charge in [-0.15, -0.1) is 0 Å². The lowest BCUT2D eigenvalue weighted by molar-refractivity contribution is 0.214. The van der Waals surface area contributed by atoms with Crippen molar-refractivity contribution in [3.05, 3.63) is 47.3 Å². The third-order valence-corrected chi connectivity index (χ3v) is 6.36. The van der Waals surface area contributed by atoms with Crippen LogP contribution in [0.2, 0.25) is 0 Å². The summed E-state index contributed by atoms with van der Waals surface area (Å²) >= 11 is 0. The summed E-state index contributed by atoms with van der Waals surface area (Å²) in [6.07, 6.45) is 12.1. The summed E-state index contributed by atoms with van der Waals surface area (Å²) in [4.78, 5) is 7.09. The zero-order valence-electron chi connectivity index (χ0n) is 16.1. The van der Waals surface area contributed by atoms with Crippen LogP contribution in [0.25, 0.3) is 10.9 Å². The average Bonchev–Trinajstić information content (AvgIpc) is 3.44. The number of aliphatic imine (C=N–C) groups is 1. The number of rotatable bonds is 4. The maximum atomic E-state index is 10.1. The lowest BCUT2D eigenvalue weighted by atomic mass is 9.92. The SMILES string of the molecule is CC(C)N1C=CC=NC1c1c(C#N)c2ccc(C3CC3)cc2n1C1CCC1. The van der Waals surface area contributed by atoms with Crippen LogP contribution >= 0.6 is 0 Å². The molecule has 1 atom stereocenters. The maximum absolute atomic E-state index is 10.1. The van der Waals surface area contributed by atoms with Gasteiger partial charge in [-0.2, -0.15) is 5.26 Å². The molecule has 1 unspecified atom stereocenters. The lowest BCUT2D eigenvalue weighted by Gasteiger charge is -2.37. The van der Waals surface area contributed by atoms with Gasteiger partial charge in [0, 0.05) is 29.9 Å². The van der Waals surface area contributed by atoms with Gasteiger partial charge >= 0.3 is 0 Å². The van der Waals surface area contributed by atoms with Crippen molar-refractivity contribution in [1.82, 2.24) is 9.47 Å². The van der Waals surface area contributed by atoms with Gasteiger partial charge in [0.15, 0.2) is 6.17 Å². The van der Waals surface area contributed by atoms with Crippen molar-refractivity contribution in [2.75, 3.05) is 0 Å². The molecule has 0 radical (unpaired) electrons. The van der Waals surface area contributed by atoms with Crippen LogP contribution in [0.4, 0.5) is 0 Å². The van der Waals surface area contributed by atoms with Gasteiger partial charge in [0.05, 0.1) is 16.8 Å². The lowest BCUT2D eigenvalue weighted by Crippen LogP contribution is -2.33. The Bertz CT molecular complexity index is 980. The smallest absolute Gasteiger partial charge is 0.163 e. The van der Waals surface area contributed by atoms with Crippen molar-refractivity contribution in [2.45, 2.75) is 70.1 Å². The molecule has 0 spiro atoms. The van der Waals surface area contributed by atoms with Gasteiger partial charge < -0.3 is 9.47 Å². The fourth-order valence-corrected chi connectivity index (χ4v) is 4.52. The minimum absolute atomic E-state index is 0.123. The molecule has 0 N–H and O–H groups in total. The Morgan fingerprint density at radius 2 is 2.00 bits per heavy atom. The number of benzene rings is 1. The van der Waals surface area contributed by atoms with Crippen molar-refractivity contribution < 1.29 is 0 Å². The molecule has 2 fully saturated rings. The van der Waals surface area contributed by atoms with Gasteiger partial charge in [0.2, 0.25) is 0 Å². The van der Waals surface area contributed by atoms with Gasteiger partial charge in [-0.3, -0.25) is 4.99 Å². The molecule has 2 aromatic rings. The van der Waals surface area contributed by atoms with E-state index in [1.165, 1.54) is 43.2 Å². The van der Waals surface area contributed by atoms with Crippen LogP contribution in [0.5, 0.6) is 0 Å². The predicted molar refractivity (Wildman–Crippen MR) is 109 cm³/mol. The van der Waals surface area contributed by atoms with E-state index < -0.39 is 0 Å². The molecule has 4 nitrogen and oxygen atoms in total. The third kappa shape index (κ3) is 2.60. The molecule has 1 aromatic heterocycles. The van der Waals surface area contributed by atoms with Gasteiger partial charge in [0.1, 0.15) is 6.07 Å². The topological polar surface area (TPSA) is 44.3 Å². The zero-order chi connectivity index (χ0) is 18.5. The number of hydrogen-bond donors (Lipinski definition) is 0. The Morgan fingerprint density at radius 3 is 2.63 bits per heavy atom. The number of hydrogen-bond acceptors (Lipinski definition) is 3. The van der Waals surface area contributed by atoms with E-state index >= 15 is 0 Å². The van der Waals surface area contributed by atoms with Gasteiger partial charge in [0.25, 0.3) is 0 Å². The van der Waals surface area contributed by atoms with Crippen molar-refractivity contribution in [3.8, 4) is 6.07 Å². The first-order chi connectivity index (χ1) is 13.2. The Kier molecular flexibility index (Phi) is 3.86.